The van der Waals surface area contributed by atoms with E-state index in [9.17, 15) is 18.0 Å². The number of thiazole rings is 1. The van der Waals surface area contributed by atoms with Crippen LogP contribution in [0.5, 0.6) is 0 Å². The third-order valence-corrected chi connectivity index (χ3v) is 3.29. The minimum absolute atomic E-state index is 0. The molecule has 4 nitrogen and oxygen atoms in total. The zero-order valence-corrected chi connectivity index (χ0v) is 12.8. The molecular weight excluding hydrogens is 315 g/mol. The molecule has 0 aliphatic carbocycles. The molecule has 20 heavy (non-hydrogen) atoms. The quantitative estimate of drug-likeness (QED) is 0.815. The molecule has 0 saturated carbocycles. The molecule has 1 heterocycles. The van der Waals surface area contributed by atoms with Gasteiger partial charge in [0.1, 0.15) is 5.01 Å². The van der Waals surface area contributed by atoms with E-state index in [1.165, 1.54) is 4.90 Å². The third-order valence-electron chi connectivity index (χ3n) is 2.46. The van der Waals surface area contributed by atoms with Gasteiger partial charge in [0, 0.05) is 18.8 Å². The number of carbonyl (C=O) groups is 1. The van der Waals surface area contributed by atoms with Gasteiger partial charge in [-0.25, -0.2) is 4.98 Å². The first-order chi connectivity index (χ1) is 8.84. The largest absolute Gasteiger partial charge is 0.434 e. The van der Waals surface area contributed by atoms with Crippen LogP contribution in [-0.2, 0) is 17.5 Å². The molecule has 0 aliphatic heterocycles. The monoisotopic (exact) mass is 331 g/mol. The highest BCUT2D eigenvalue weighted by Gasteiger charge is 2.33. The number of aromatic nitrogens is 1. The van der Waals surface area contributed by atoms with Crippen LogP contribution in [0.1, 0.15) is 23.5 Å². The number of carbonyl (C=O) groups excluding carboxylic acids is 1. The van der Waals surface area contributed by atoms with Crippen LogP contribution in [0, 0.1) is 0 Å². The van der Waals surface area contributed by atoms with Gasteiger partial charge in [-0.05, 0) is 20.0 Å². The molecule has 1 aromatic rings. The van der Waals surface area contributed by atoms with E-state index in [0.29, 0.717) is 12.8 Å². The summed E-state index contributed by atoms with van der Waals surface area (Å²) in [5.74, 6) is -0.0981. The molecule has 0 unspecified atom stereocenters. The highest BCUT2D eigenvalue weighted by atomic mass is 35.5. The Morgan fingerprint density at radius 2 is 2.15 bits per heavy atom. The van der Waals surface area contributed by atoms with Crippen LogP contribution in [0.25, 0.3) is 0 Å². The number of alkyl halides is 3. The lowest BCUT2D eigenvalue weighted by molar-refractivity contribution is -0.140. The summed E-state index contributed by atoms with van der Waals surface area (Å²) in [5, 5.41) is 4.18. The van der Waals surface area contributed by atoms with Crippen molar-refractivity contribution in [3.63, 3.8) is 0 Å². The molecule has 0 saturated heterocycles. The van der Waals surface area contributed by atoms with E-state index < -0.39 is 11.9 Å². The summed E-state index contributed by atoms with van der Waals surface area (Å²) >= 11 is 0.913. The van der Waals surface area contributed by atoms with Crippen molar-refractivity contribution >= 4 is 29.7 Å². The fourth-order valence-electron chi connectivity index (χ4n) is 1.41. The van der Waals surface area contributed by atoms with Crippen LogP contribution in [0.2, 0.25) is 0 Å². The topological polar surface area (TPSA) is 45.2 Å². The molecule has 0 atom stereocenters. The Morgan fingerprint density at radius 3 is 2.65 bits per heavy atom. The van der Waals surface area contributed by atoms with Gasteiger partial charge in [0.15, 0.2) is 5.69 Å². The van der Waals surface area contributed by atoms with Gasteiger partial charge in [-0.3, -0.25) is 4.79 Å². The SMILES string of the molecule is CNCCCC(=O)N(C)Cc1nc(C(F)(F)F)cs1.Cl. The average Bonchev–Trinajstić information content (AvgIpc) is 2.77. The maximum Gasteiger partial charge on any atom is 0.434 e. The van der Waals surface area contributed by atoms with E-state index in [2.05, 4.69) is 10.3 Å². The van der Waals surface area contributed by atoms with Gasteiger partial charge in [-0.1, -0.05) is 0 Å². The summed E-state index contributed by atoms with van der Waals surface area (Å²) in [5.41, 5.74) is -0.900. The summed E-state index contributed by atoms with van der Waals surface area (Å²) in [6, 6.07) is 0. The van der Waals surface area contributed by atoms with Gasteiger partial charge in [0.05, 0.1) is 6.54 Å². The van der Waals surface area contributed by atoms with Crippen molar-refractivity contribution < 1.29 is 18.0 Å². The van der Waals surface area contributed by atoms with E-state index in [1.807, 2.05) is 0 Å². The number of nitrogens with zero attached hydrogens (tertiary/aromatic N) is 2. The molecule has 0 fully saturated rings. The number of nitrogens with one attached hydrogen (secondary N) is 1. The van der Waals surface area contributed by atoms with Crippen LogP contribution in [0.3, 0.4) is 0 Å². The Balaban J connectivity index is 0.00000361. The maximum absolute atomic E-state index is 12.4. The number of rotatable bonds is 6. The smallest absolute Gasteiger partial charge is 0.339 e. The van der Waals surface area contributed by atoms with Gasteiger partial charge in [0.25, 0.3) is 0 Å². The summed E-state index contributed by atoms with van der Waals surface area (Å²) < 4.78 is 37.1. The van der Waals surface area contributed by atoms with Gasteiger partial charge < -0.3 is 10.2 Å². The van der Waals surface area contributed by atoms with Crippen molar-refractivity contribution in [3.05, 3.63) is 16.1 Å². The van der Waals surface area contributed by atoms with Crippen molar-refractivity contribution in [1.82, 2.24) is 15.2 Å². The van der Waals surface area contributed by atoms with Crippen molar-refractivity contribution in [3.8, 4) is 0 Å². The molecule has 1 amide bonds. The van der Waals surface area contributed by atoms with Crippen LogP contribution in [0.4, 0.5) is 13.2 Å². The first kappa shape index (κ1) is 19.1. The molecule has 0 aliphatic rings. The first-order valence-corrected chi connectivity index (χ1v) is 6.62. The molecular formula is C11H17ClF3N3OS. The summed E-state index contributed by atoms with van der Waals surface area (Å²) in [7, 11) is 3.36. The number of halogens is 4. The lowest BCUT2D eigenvalue weighted by Crippen LogP contribution is -2.26. The number of amides is 1. The molecule has 0 radical (unpaired) electrons. The minimum atomic E-state index is -4.43. The molecule has 0 spiro atoms. The first-order valence-electron chi connectivity index (χ1n) is 5.74. The van der Waals surface area contributed by atoms with E-state index in [0.717, 1.165) is 23.3 Å². The summed E-state index contributed by atoms with van der Waals surface area (Å²) in [4.78, 5) is 16.6. The summed E-state index contributed by atoms with van der Waals surface area (Å²) in [6.07, 6.45) is -3.36. The lowest BCUT2D eigenvalue weighted by atomic mass is 10.3. The Hall–Kier alpha value is -0.860. The lowest BCUT2D eigenvalue weighted by Gasteiger charge is -2.15. The second-order valence-corrected chi connectivity index (χ2v) is 5.02. The molecule has 9 heteroatoms. The fraction of sp³-hybridized carbons (Fsp3) is 0.636. The standard InChI is InChI=1S/C11H16F3N3OS.ClH/c1-15-5-3-4-10(18)17(2)6-9-16-8(7-19-9)11(12,13)14;/h7,15H,3-6H2,1-2H3;1H. The molecule has 0 bridgehead atoms. The highest BCUT2D eigenvalue weighted by Crippen LogP contribution is 2.30. The zero-order valence-electron chi connectivity index (χ0n) is 11.2. The van der Waals surface area contributed by atoms with Crippen molar-refractivity contribution in [2.45, 2.75) is 25.6 Å². The van der Waals surface area contributed by atoms with Crippen LogP contribution in [-0.4, -0.2) is 36.4 Å². The fourth-order valence-corrected chi connectivity index (χ4v) is 2.27. The molecule has 1 rings (SSSR count). The number of hydrogen-bond donors (Lipinski definition) is 1. The zero-order chi connectivity index (χ0) is 14.5. The Morgan fingerprint density at radius 1 is 1.50 bits per heavy atom. The van der Waals surface area contributed by atoms with Crippen LogP contribution < -0.4 is 5.32 Å². The Kier molecular flexibility index (Phi) is 8.07. The van der Waals surface area contributed by atoms with E-state index in [1.54, 1.807) is 14.1 Å². The predicted molar refractivity (Wildman–Crippen MR) is 74.0 cm³/mol. The highest BCUT2D eigenvalue weighted by molar-refractivity contribution is 7.09. The normalized spacial score (nSPS) is 11.1. The Bertz CT molecular complexity index is 425. The summed E-state index contributed by atoms with van der Waals surface area (Å²) in [6.45, 7) is 0.841. The maximum atomic E-state index is 12.4. The second-order valence-electron chi connectivity index (χ2n) is 4.08. The second kappa shape index (κ2) is 8.43. The average molecular weight is 332 g/mol. The molecule has 116 valence electrons. The van der Waals surface area contributed by atoms with Crippen molar-refractivity contribution in [1.29, 1.82) is 0 Å². The van der Waals surface area contributed by atoms with Crippen LogP contribution in [0.15, 0.2) is 5.38 Å². The van der Waals surface area contributed by atoms with Gasteiger partial charge in [-0.15, -0.1) is 23.7 Å². The van der Waals surface area contributed by atoms with Gasteiger partial charge in [0.2, 0.25) is 5.91 Å². The van der Waals surface area contributed by atoms with Gasteiger partial charge in [-0.2, -0.15) is 13.2 Å². The molecule has 1 N–H and O–H groups in total. The third kappa shape index (κ3) is 6.06. The van der Waals surface area contributed by atoms with Gasteiger partial charge >= 0.3 is 6.18 Å². The number of hydrogen-bond acceptors (Lipinski definition) is 4. The predicted octanol–water partition coefficient (Wildman–Crippen LogP) is 2.54. The van der Waals surface area contributed by atoms with Crippen molar-refractivity contribution in [2.24, 2.45) is 0 Å². The Labute approximate surface area is 125 Å². The molecule has 1 aromatic heterocycles. The van der Waals surface area contributed by atoms with E-state index >= 15 is 0 Å². The molecule has 0 aromatic carbocycles. The van der Waals surface area contributed by atoms with E-state index in [4.69, 9.17) is 0 Å². The van der Waals surface area contributed by atoms with Crippen LogP contribution >= 0.6 is 23.7 Å². The van der Waals surface area contributed by atoms with Crippen molar-refractivity contribution in [2.75, 3.05) is 20.6 Å². The minimum Gasteiger partial charge on any atom is -0.339 e. The van der Waals surface area contributed by atoms with E-state index in [-0.39, 0.29) is 29.9 Å².